The number of carbonyl (C=O) groups is 1. The highest BCUT2D eigenvalue weighted by Crippen LogP contribution is 2.14. The van der Waals surface area contributed by atoms with Crippen LogP contribution in [-0.4, -0.2) is 26.0 Å². The molecule has 1 aliphatic heterocycles. The molecule has 1 heterocycles. The van der Waals surface area contributed by atoms with Crippen molar-refractivity contribution in [1.29, 1.82) is 0 Å². The Hall–Kier alpha value is -0.830. The van der Waals surface area contributed by atoms with Gasteiger partial charge in [-0.2, -0.15) is 0 Å². The van der Waals surface area contributed by atoms with Crippen molar-refractivity contribution in [2.45, 2.75) is 13.3 Å². The molecule has 1 atom stereocenters. The number of carbonyl (C=O) groups excluding carboxylic acids is 1. The third kappa shape index (κ3) is 2.08. The van der Waals surface area contributed by atoms with E-state index in [1.54, 1.807) is 0 Å². The Morgan fingerprint density at radius 1 is 1.83 bits per heavy atom. The van der Waals surface area contributed by atoms with Crippen LogP contribution in [0.25, 0.3) is 0 Å². The summed E-state index contributed by atoms with van der Waals surface area (Å²) in [7, 11) is 1.84. The van der Waals surface area contributed by atoms with Crippen LogP contribution in [0.3, 0.4) is 0 Å². The van der Waals surface area contributed by atoms with Crippen LogP contribution >= 0.6 is 0 Å². The summed E-state index contributed by atoms with van der Waals surface area (Å²) in [5, 5.41) is 2.97. The molecule has 0 saturated carbocycles. The Kier molecular flexibility index (Phi) is 3.29. The van der Waals surface area contributed by atoms with Gasteiger partial charge in [-0.25, -0.2) is 0 Å². The molecule has 0 aliphatic carbocycles. The SMILES string of the molecule is CNCC(C)C(=O)C1=CCCO1. The van der Waals surface area contributed by atoms with Gasteiger partial charge in [0.1, 0.15) is 0 Å². The van der Waals surface area contributed by atoms with Crippen LogP contribution in [0.15, 0.2) is 11.8 Å². The third-order valence-corrected chi connectivity index (χ3v) is 1.91. The Bertz CT molecular complexity index is 199. The minimum absolute atomic E-state index is 0.0133. The fraction of sp³-hybridized carbons (Fsp3) is 0.667. The number of hydrogen-bond donors (Lipinski definition) is 1. The van der Waals surface area contributed by atoms with Crippen LogP contribution in [0.4, 0.5) is 0 Å². The van der Waals surface area contributed by atoms with Gasteiger partial charge in [0, 0.05) is 18.9 Å². The lowest BCUT2D eigenvalue weighted by molar-refractivity contribution is -0.121. The van der Waals surface area contributed by atoms with E-state index in [-0.39, 0.29) is 11.7 Å². The highest BCUT2D eigenvalue weighted by Gasteiger charge is 2.20. The van der Waals surface area contributed by atoms with E-state index in [0.717, 1.165) is 6.42 Å². The molecule has 68 valence electrons. The number of ether oxygens (including phenoxy) is 1. The normalized spacial score (nSPS) is 18.3. The highest BCUT2D eigenvalue weighted by atomic mass is 16.5. The first-order valence-electron chi connectivity index (χ1n) is 4.27. The zero-order valence-corrected chi connectivity index (χ0v) is 7.59. The molecule has 1 rings (SSSR count). The summed E-state index contributed by atoms with van der Waals surface area (Å²) in [5.41, 5.74) is 0. The standard InChI is InChI=1S/C9H15NO2/c1-7(6-10-2)9(11)8-4-3-5-12-8/h4,7,10H,3,5-6H2,1-2H3. The van der Waals surface area contributed by atoms with Crippen molar-refractivity contribution in [3.05, 3.63) is 11.8 Å². The van der Waals surface area contributed by atoms with Crippen molar-refractivity contribution in [3.63, 3.8) is 0 Å². The summed E-state index contributed by atoms with van der Waals surface area (Å²) in [6, 6.07) is 0. The Morgan fingerprint density at radius 2 is 2.58 bits per heavy atom. The first-order chi connectivity index (χ1) is 5.75. The average molecular weight is 169 g/mol. The van der Waals surface area contributed by atoms with Crippen LogP contribution < -0.4 is 5.32 Å². The molecule has 0 aromatic heterocycles. The first-order valence-corrected chi connectivity index (χ1v) is 4.27. The van der Waals surface area contributed by atoms with Gasteiger partial charge in [0.2, 0.25) is 5.78 Å². The summed E-state index contributed by atoms with van der Waals surface area (Å²) >= 11 is 0. The molecule has 1 aliphatic rings. The molecule has 0 amide bonds. The molecule has 0 saturated heterocycles. The molecule has 0 bridgehead atoms. The van der Waals surface area contributed by atoms with Crippen molar-refractivity contribution in [1.82, 2.24) is 5.32 Å². The van der Waals surface area contributed by atoms with Gasteiger partial charge in [0.25, 0.3) is 0 Å². The number of ketones is 1. The first kappa shape index (κ1) is 9.26. The lowest BCUT2D eigenvalue weighted by atomic mass is 10.1. The van der Waals surface area contributed by atoms with E-state index in [2.05, 4.69) is 5.32 Å². The lowest BCUT2D eigenvalue weighted by Gasteiger charge is -2.09. The topological polar surface area (TPSA) is 38.3 Å². The fourth-order valence-corrected chi connectivity index (χ4v) is 1.23. The number of hydrogen-bond acceptors (Lipinski definition) is 3. The zero-order valence-electron chi connectivity index (χ0n) is 7.59. The van der Waals surface area contributed by atoms with E-state index in [0.29, 0.717) is 18.9 Å². The van der Waals surface area contributed by atoms with Gasteiger partial charge < -0.3 is 10.1 Å². The van der Waals surface area contributed by atoms with Crippen molar-refractivity contribution in [3.8, 4) is 0 Å². The minimum atomic E-state index is 0.0133. The van der Waals surface area contributed by atoms with Gasteiger partial charge in [0.05, 0.1) is 6.61 Å². The van der Waals surface area contributed by atoms with Crippen LogP contribution in [0, 0.1) is 5.92 Å². The number of Topliss-reactive ketones (excluding diaryl/α,β-unsaturated/α-hetero) is 1. The van der Waals surface area contributed by atoms with E-state index in [4.69, 9.17) is 4.74 Å². The summed E-state index contributed by atoms with van der Waals surface area (Å²) in [4.78, 5) is 11.5. The minimum Gasteiger partial charge on any atom is -0.490 e. The van der Waals surface area contributed by atoms with Crippen LogP contribution in [0.1, 0.15) is 13.3 Å². The van der Waals surface area contributed by atoms with E-state index in [9.17, 15) is 4.79 Å². The third-order valence-electron chi connectivity index (χ3n) is 1.91. The molecule has 0 fully saturated rings. The van der Waals surface area contributed by atoms with Gasteiger partial charge in [-0.15, -0.1) is 0 Å². The van der Waals surface area contributed by atoms with E-state index in [1.165, 1.54) is 0 Å². The van der Waals surface area contributed by atoms with Crippen molar-refractivity contribution in [2.24, 2.45) is 5.92 Å². The maximum Gasteiger partial charge on any atom is 0.201 e. The maximum atomic E-state index is 11.5. The molecule has 0 radical (unpaired) electrons. The molecular formula is C9H15NO2. The summed E-state index contributed by atoms with van der Waals surface area (Å²) < 4.78 is 5.17. The smallest absolute Gasteiger partial charge is 0.201 e. The number of nitrogens with one attached hydrogen (secondary N) is 1. The molecule has 3 nitrogen and oxygen atoms in total. The molecule has 12 heavy (non-hydrogen) atoms. The van der Waals surface area contributed by atoms with Crippen LogP contribution in [-0.2, 0) is 9.53 Å². The van der Waals surface area contributed by atoms with Crippen molar-refractivity contribution in [2.75, 3.05) is 20.2 Å². The number of rotatable bonds is 4. The Labute approximate surface area is 72.8 Å². The molecule has 3 heteroatoms. The zero-order chi connectivity index (χ0) is 8.97. The lowest BCUT2D eigenvalue weighted by Crippen LogP contribution is -2.24. The van der Waals surface area contributed by atoms with Crippen LogP contribution in [0.2, 0.25) is 0 Å². The van der Waals surface area contributed by atoms with Gasteiger partial charge >= 0.3 is 0 Å². The van der Waals surface area contributed by atoms with E-state index < -0.39 is 0 Å². The van der Waals surface area contributed by atoms with Gasteiger partial charge in [-0.1, -0.05) is 6.92 Å². The molecule has 1 unspecified atom stereocenters. The van der Waals surface area contributed by atoms with E-state index >= 15 is 0 Å². The van der Waals surface area contributed by atoms with Crippen molar-refractivity contribution < 1.29 is 9.53 Å². The highest BCUT2D eigenvalue weighted by molar-refractivity contribution is 5.95. The molecule has 0 spiro atoms. The second-order valence-corrected chi connectivity index (χ2v) is 3.03. The molecule has 1 N–H and O–H groups in total. The fourth-order valence-electron chi connectivity index (χ4n) is 1.23. The van der Waals surface area contributed by atoms with Gasteiger partial charge in [-0.05, 0) is 13.1 Å². The largest absolute Gasteiger partial charge is 0.490 e. The summed E-state index contributed by atoms with van der Waals surface area (Å²) in [5.74, 6) is 0.680. The second kappa shape index (κ2) is 4.26. The average Bonchev–Trinajstić information content (AvgIpc) is 2.55. The van der Waals surface area contributed by atoms with E-state index in [1.807, 2.05) is 20.0 Å². The Balaban J connectivity index is 2.45. The molecule has 0 aromatic carbocycles. The summed E-state index contributed by atoms with van der Waals surface area (Å²) in [6.45, 7) is 3.27. The Morgan fingerprint density at radius 3 is 3.08 bits per heavy atom. The quantitative estimate of drug-likeness (QED) is 0.673. The predicted octanol–water partition coefficient (Wildman–Crippen LogP) is 0.715. The maximum absolute atomic E-state index is 11.5. The predicted molar refractivity (Wildman–Crippen MR) is 46.7 cm³/mol. The monoisotopic (exact) mass is 169 g/mol. The van der Waals surface area contributed by atoms with Gasteiger partial charge in [0.15, 0.2) is 5.76 Å². The van der Waals surface area contributed by atoms with Crippen molar-refractivity contribution >= 4 is 5.78 Å². The summed E-state index contributed by atoms with van der Waals surface area (Å²) in [6.07, 6.45) is 2.74. The molecular weight excluding hydrogens is 154 g/mol. The second-order valence-electron chi connectivity index (χ2n) is 3.03. The number of allylic oxidation sites excluding steroid dienone is 1. The molecule has 0 aromatic rings. The van der Waals surface area contributed by atoms with Gasteiger partial charge in [-0.3, -0.25) is 4.79 Å². The van der Waals surface area contributed by atoms with Crippen LogP contribution in [0.5, 0.6) is 0 Å².